The van der Waals surface area contributed by atoms with Crippen LogP contribution in [0.25, 0.3) is 11.1 Å². The van der Waals surface area contributed by atoms with Crippen LogP contribution >= 0.6 is 11.6 Å². The Labute approximate surface area is 116 Å². The highest BCUT2D eigenvalue weighted by Crippen LogP contribution is 2.33. The molecule has 0 amide bonds. The minimum Gasteiger partial charge on any atom is -0.493 e. The van der Waals surface area contributed by atoms with Gasteiger partial charge in [-0.25, -0.2) is 0 Å². The number of hydrogen-bond donors (Lipinski definition) is 0. The molecule has 0 bridgehead atoms. The number of benzene rings is 2. The van der Waals surface area contributed by atoms with E-state index < -0.39 is 0 Å². The Hall–Kier alpha value is -2.00. The van der Waals surface area contributed by atoms with E-state index in [-0.39, 0.29) is 0 Å². The molecule has 0 aromatic heterocycles. The molecule has 0 spiro atoms. The summed E-state index contributed by atoms with van der Waals surface area (Å²) in [7, 11) is 3.17. The van der Waals surface area contributed by atoms with E-state index in [2.05, 4.69) is 0 Å². The summed E-state index contributed by atoms with van der Waals surface area (Å²) in [6.07, 6.45) is 0.743. The topological polar surface area (TPSA) is 35.5 Å². The first-order chi connectivity index (χ1) is 9.19. The summed E-state index contributed by atoms with van der Waals surface area (Å²) in [6.45, 7) is 0. The predicted octanol–water partition coefficient (Wildman–Crippen LogP) is 3.84. The highest BCUT2D eigenvalue weighted by molar-refractivity contribution is 6.33. The first-order valence-electron chi connectivity index (χ1n) is 5.66. The molecular formula is C15H13ClO3. The number of halogens is 1. The molecule has 0 saturated heterocycles. The van der Waals surface area contributed by atoms with Gasteiger partial charge in [-0.2, -0.15) is 0 Å². The van der Waals surface area contributed by atoms with E-state index in [4.69, 9.17) is 21.1 Å². The number of carbonyl (C=O) groups excluding carboxylic acids is 1. The van der Waals surface area contributed by atoms with Crippen molar-refractivity contribution < 1.29 is 14.3 Å². The average Bonchev–Trinajstić information content (AvgIpc) is 2.47. The fourth-order valence-corrected chi connectivity index (χ4v) is 1.99. The second-order valence-corrected chi connectivity index (χ2v) is 4.33. The molecule has 3 nitrogen and oxygen atoms in total. The molecule has 0 fully saturated rings. The molecule has 0 radical (unpaired) electrons. The molecule has 0 aliphatic carbocycles. The van der Waals surface area contributed by atoms with Gasteiger partial charge in [0.1, 0.15) is 0 Å². The van der Waals surface area contributed by atoms with Crippen LogP contribution in [0.1, 0.15) is 10.4 Å². The smallest absolute Gasteiger partial charge is 0.161 e. The summed E-state index contributed by atoms with van der Waals surface area (Å²) < 4.78 is 10.4. The van der Waals surface area contributed by atoms with E-state index in [0.29, 0.717) is 22.1 Å². The van der Waals surface area contributed by atoms with Gasteiger partial charge in [-0.3, -0.25) is 4.79 Å². The van der Waals surface area contributed by atoms with Crippen molar-refractivity contribution in [1.82, 2.24) is 0 Å². The van der Waals surface area contributed by atoms with Gasteiger partial charge in [-0.1, -0.05) is 23.7 Å². The Bertz CT molecular complexity index is 608. The van der Waals surface area contributed by atoms with E-state index >= 15 is 0 Å². The van der Waals surface area contributed by atoms with Crippen LogP contribution in [0.15, 0.2) is 36.4 Å². The van der Waals surface area contributed by atoms with Crippen molar-refractivity contribution in [3.05, 3.63) is 47.0 Å². The van der Waals surface area contributed by atoms with E-state index in [0.717, 1.165) is 17.4 Å². The standard InChI is InChI=1S/C15H13ClO3/c1-18-14-6-4-11(8-15(14)19-2)10-3-5-13(16)12(7-10)9-17/h3-9H,1-2H3. The number of carbonyl (C=O) groups is 1. The maximum Gasteiger partial charge on any atom is 0.161 e. The van der Waals surface area contributed by atoms with E-state index in [1.165, 1.54) is 0 Å². The Balaban J connectivity index is 2.49. The second kappa shape index (κ2) is 5.76. The summed E-state index contributed by atoms with van der Waals surface area (Å²) >= 11 is 5.91. The van der Waals surface area contributed by atoms with Crippen molar-refractivity contribution in [2.75, 3.05) is 14.2 Å². The fraction of sp³-hybridized carbons (Fsp3) is 0.133. The zero-order valence-corrected chi connectivity index (χ0v) is 11.4. The van der Waals surface area contributed by atoms with Crippen LogP contribution < -0.4 is 9.47 Å². The molecule has 0 aliphatic heterocycles. The molecule has 2 aromatic carbocycles. The summed E-state index contributed by atoms with van der Waals surface area (Å²) in [5.41, 5.74) is 2.29. The molecule has 2 aromatic rings. The first-order valence-corrected chi connectivity index (χ1v) is 6.04. The zero-order valence-electron chi connectivity index (χ0n) is 10.6. The van der Waals surface area contributed by atoms with Crippen LogP contribution in [0, 0.1) is 0 Å². The molecule has 0 heterocycles. The minimum atomic E-state index is 0.444. The Morgan fingerprint density at radius 2 is 1.58 bits per heavy atom. The van der Waals surface area contributed by atoms with Gasteiger partial charge < -0.3 is 9.47 Å². The van der Waals surface area contributed by atoms with Gasteiger partial charge in [0.25, 0.3) is 0 Å². The molecule has 0 N–H and O–H groups in total. The quantitative estimate of drug-likeness (QED) is 0.796. The van der Waals surface area contributed by atoms with Gasteiger partial charge in [-0.05, 0) is 35.4 Å². The molecule has 98 valence electrons. The van der Waals surface area contributed by atoms with Crippen LogP contribution in [-0.4, -0.2) is 20.5 Å². The maximum atomic E-state index is 10.9. The third kappa shape index (κ3) is 2.71. The lowest BCUT2D eigenvalue weighted by molar-refractivity contribution is 0.112. The lowest BCUT2D eigenvalue weighted by Gasteiger charge is -2.10. The summed E-state index contributed by atoms with van der Waals surface area (Å²) in [6, 6.07) is 10.9. The Morgan fingerprint density at radius 3 is 2.21 bits per heavy atom. The van der Waals surface area contributed by atoms with Crippen LogP contribution in [0.4, 0.5) is 0 Å². The van der Waals surface area contributed by atoms with Crippen LogP contribution in [0.3, 0.4) is 0 Å². The maximum absolute atomic E-state index is 10.9. The Morgan fingerprint density at radius 1 is 0.947 bits per heavy atom. The molecule has 0 aliphatic rings. The van der Waals surface area contributed by atoms with Crippen molar-refractivity contribution in [2.24, 2.45) is 0 Å². The van der Waals surface area contributed by atoms with E-state index in [1.54, 1.807) is 26.4 Å². The van der Waals surface area contributed by atoms with Gasteiger partial charge >= 0.3 is 0 Å². The van der Waals surface area contributed by atoms with Crippen LogP contribution in [0.5, 0.6) is 11.5 Å². The van der Waals surface area contributed by atoms with Gasteiger partial charge in [-0.15, -0.1) is 0 Å². The molecule has 0 saturated carbocycles. The third-order valence-electron chi connectivity index (χ3n) is 2.84. The molecule has 0 unspecified atom stereocenters. The minimum absolute atomic E-state index is 0.444. The average molecular weight is 277 g/mol. The van der Waals surface area contributed by atoms with Crippen molar-refractivity contribution in [3.8, 4) is 22.6 Å². The fourth-order valence-electron chi connectivity index (χ4n) is 1.83. The molecule has 2 rings (SSSR count). The van der Waals surface area contributed by atoms with Crippen LogP contribution in [-0.2, 0) is 0 Å². The summed E-state index contributed by atoms with van der Waals surface area (Å²) in [5.74, 6) is 1.30. The molecule has 0 atom stereocenters. The lowest BCUT2D eigenvalue weighted by atomic mass is 10.0. The van der Waals surface area contributed by atoms with Crippen LogP contribution in [0.2, 0.25) is 5.02 Å². The van der Waals surface area contributed by atoms with Crippen molar-refractivity contribution in [3.63, 3.8) is 0 Å². The largest absolute Gasteiger partial charge is 0.493 e. The number of hydrogen-bond acceptors (Lipinski definition) is 3. The van der Waals surface area contributed by atoms with E-state index in [9.17, 15) is 4.79 Å². The molecular weight excluding hydrogens is 264 g/mol. The predicted molar refractivity (Wildman–Crippen MR) is 75.4 cm³/mol. The van der Waals surface area contributed by atoms with Gasteiger partial charge in [0.05, 0.1) is 19.2 Å². The highest BCUT2D eigenvalue weighted by atomic mass is 35.5. The zero-order chi connectivity index (χ0) is 13.8. The summed E-state index contributed by atoms with van der Waals surface area (Å²) in [5, 5.41) is 0.444. The van der Waals surface area contributed by atoms with Crippen molar-refractivity contribution in [2.45, 2.75) is 0 Å². The Kier molecular flexibility index (Phi) is 4.07. The van der Waals surface area contributed by atoms with E-state index in [1.807, 2.05) is 24.3 Å². The lowest BCUT2D eigenvalue weighted by Crippen LogP contribution is -1.91. The first kappa shape index (κ1) is 13.4. The van der Waals surface area contributed by atoms with Gasteiger partial charge in [0.2, 0.25) is 0 Å². The van der Waals surface area contributed by atoms with Crippen molar-refractivity contribution >= 4 is 17.9 Å². The third-order valence-corrected chi connectivity index (χ3v) is 3.18. The normalized spacial score (nSPS) is 10.1. The van der Waals surface area contributed by atoms with Gasteiger partial charge in [0.15, 0.2) is 17.8 Å². The number of methoxy groups -OCH3 is 2. The van der Waals surface area contributed by atoms with Crippen molar-refractivity contribution in [1.29, 1.82) is 0 Å². The second-order valence-electron chi connectivity index (χ2n) is 3.92. The molecule has 4 heteroatoms. The molecule has 19 heavy (non-hydrogen) atoms. The van der Waals surface area contributed by atoms with Gasteiger partial charge in [0, 0.05) is 5.56 Å². The number of rotatable bonds is 4. The highest BCUT2D eigenvalue weighted by Gasteiger charge is 2.08. The monoisotopic (exact) mass is 276 g/mol. The number of ether oxygens (including phenoxy) is 2. The SMILES string of the molecule is COc1ccc(-c2ccc(Cl)c(C=O)c2)cc1OC. The summed E-state index contributed by atoms with van der Waals surface area (Å²) in [4.78, 5) is 10.9. The number of aldehydes is 1.